The van der Waals surface area contributed by atoms with Crippen LogP contribution in [0.15, 0.2) is 0 Å². The molecule has 0 heterocycles. The number of fused-ring (bicyclic) bond motifs is 1. The smallest absolute Gasteiger partial charge is 0.307 e. The van der Waals surface area contributed by atoms with Crippen LogP contribution < -0.4 is 0 Å². The maximum atomic E-state index is 11.6. The second-order valence-electron chi connectivity index (χ2n) is 6.60. The summed E-state index contributed by atoms with van der Waals surface area (Å²) in [4.78, 5) is 45.9. The normalized spacial score (nSPS) is 38.9. The number of hydrogen-bond donors (Lipinski definition) is 4. The number of rotatable bonds is 6. The molecule has 2 fully saturated rings. The van der Waals surface area contributed by atoms with Gasteiger partial charge in [0.15, 0.2) is 0 Å². The van der Waals surface area contributed by atoms with Gasteiger partial charge in [-0.05, 0) is 30.6 Å². The van der Waals surface area contributed by atoms with Crippen LogP contribution in [0.3, 0.4) is 0 Å². The van der Waals surface area contributed by atoms with Gasteiger partial charge in [-0.3, -0.25) is 19.2 Å². The van der Waals surface area contributed by atoms with E-state index >= 15 is 0 Å². The zero-order valence-electron chi connectivity index (χ0n) is 12.6. The Labute approximate surface area is 132 Å². The molecule has 0 radical (unpaired) electrons. The molecule has 0 aromatic heterocycles. The lowest BCUT2D eigenvalue weighted by Gasteiger charge is -2.62. The first-order chi connectivity index (χ1) is 10.7. The van der Waals surface area contributed by atoms with Crippen molar-refractivity contribution in [2.24, 2.45) is 35.0 Å². The van der Waals surface area contributed by atoms with Crippen LogP contribution >= 0.6 is 0 Å². The predicted molar refractivity (Wildman–Crippen MR) is 74.6 cm³/mol. The molecule has 0 saturated heterocycles. The fourth-order valence-electron chi connectivity index (χ4n) is 4.86. The minimum atomic E-state index is -1.27. The fraction of sp³-hybridized carbons (Fsp3) is 0.733. The molecule has 8 heteroatoms. The van der Waals surface area contributed by atoms with E-state index in [0.29, 0.717) is 12.8 Å². The Balaban J connectivity index is 2.46. The molecule has 0 aromatic carbocycles. The van der Waals surface area contributed by atoms with Crippen LogP contribution in [0.25, 0.3) is 0 Å². The van der Waals surface area contributed by atoms with Crippen molar-refractivity contribution in [2.75, 3.05) is 0 Å². The van der Waals surface area contributed by atoms with E-state index in [-0.39, 0.29) is 12.8 Å². The Morgan fingerprint density at radius 2 is 1.48 bits per heavy atom. The Morgan fingerprint density at radius 1 is 0.913 bits per heavy atom. The van der Waals surface area contributed by atoms with Gasteiger partial charge in [0, 0.05) is 0 Å². The first-order valence-corrected chi connectivity index (χ1v) is 7.58. The fourth-order valence-corrected chi connectivity index (χ4v) is 4.86. The topological polar surface area (TPSA) is 149 Å². The standard InChI is InChI=1S/C15H20O8/c1-2-3-15-5-7(12(18)19)6(11(16)17)4-8(15)9(13(20)21)10(15)14(22)23/h6-10H,2-5H2,1H3,(H,16,17)(H,18,19)(H,20,21)(H,22,23). The maximum Gasteiger partial charge on any atom is 0.307 e. The second-order valence-corrected chi connectivity index (χ2v) is 6.60. The van der Waals surface area contributed by atoms with Crippen LogP contribution in [-0.2, 0) is 19.2 Å². The average molecular weight is 328 g/mol. The van der Waals surface area contributed by atoms with Gasteiger partial charge in [-0.15, -0.1) is 0 Å². The number of carboxylic acids is 4. The monoisotopic (exact) mass is 328 g/mol. The molecule has 4 N–H and O–H groups in total. The van der Waals surface area contributed by atoms with E-state index in [0.717, 1.165) is 0 Å². The zero-order valence-corrected chi connectivity index (χ0v) is 12.6. The highest BCUT2D eigenvalue weighted by atomic mass is 16.4. The number of aliphatic carboxylic acids is 4. The quantitative estimate of drug-likeness (QED) is 0.564. The molecule has 8 nitrogen and oxygen atoms in total. The molecule has 2 saturated carbocycles. The predicted octanol–water partition coefficient (Wildman–Crippen LogP) is 1.000. The van der Waals surface area contributed by atoms with Gasteiger partial charge >= 0.3 is 23.9 Å². The summed E-state index contributed by atoms with van der Waals surface area (Å²) in [5.41, 5.74) is -0.946. The van der Waals surface area contributed by atoms with Crippen LogP contribution in [0.4, 0.5) is 0 Å². The number of carbonyl (C=O) groups is 4. The van der Waals surface area contributed by atoms with E-state index < -0.39 is 58.9 Å². The van der Waals surface area contributed by atoms with Gasteiger partial charge in [-0.1, -0.05) is 13.3 Å². The SMILES string of the molecule is CCCC12CC(C(=O)O)C(C(=O)O)CC1C(C(=O)O)C2C(=O)O. The average Bonchev–Trinajstić information content (AvgIpc) is 2.40. The van der Waals surface area contributed by atoms with Crippen molar-refractivity contribution in [2.45, 2.75) is 32.6 Å². The highest BCUT2D eigenvalue weighted by Crippen LogP contribution is 2.67. The minimum absolute atomic E-state index is 0.0987. The van der Waals surface area contributed by atoms with Crippen LogP contribution in [0.5, 0.6) is 0 Å². The van der Waals surface area contributed by atoms with E-state index in [9.17, 15) is 39.6 Å². The third kappa shape index (κ3) is 2.46. The molecule has 23 heavy (non-hydrogen) atoms. The molecule has 0 bridgehead atoms. The Morgan fingerprint density at radius 3 is 1.87 bits per heavy atom. The molecule has 128 valence electrons. The molecular formula is C15H20O8. The lowest BCUT2D eigenvalue weighted by Crippen LogP contribution is -2.66. The summed E-state index contributed by atoms with van der Waals surface area (Å²) in [7, 11) is 0. The molecule has 6 atom stereocenters. The number of hydrogen-bond acceptors (Lipinski definition) is 4. The van der Waals surface area contributed by atoms with Crippen LogP contribution in [0.1, 0.15) is 32.6 Å². The van der Waals surface area contributed by atoms with Gasteiger partial charge in [-0.2, -0.15) is 0 Å². The Kier molecular flexibility index (Phi) is 4.37. The lowest BCUT2D eigenvalue weighted by molar-refractivity contribution is -0.217. The molecule has 0 spiro atoms. The molecule has 6 unspecified atom stereocenters. The molecule has 2 aliphatic rings. The molecule has 0 aliphatic heterocycles. The highest BCUT2D eigenvalue weighted by Gasteiger charge is 2.70. The van der Waals surface area contributed by atoms with Crippen molar-refractivity contribution in [3.63, 3.8) is 0 Å². The van der Waals surface area contributed by atoms with Gasteiger partial charge in [0.25, 0.3) is 0 Å². The molecular weight excluding hydrogens is 308 g/mol. The van der Waals surface area contributed by atoms with Gasteiger partial charge in [-0.25, -0.2) is 0 Å². The van der Waals surface area contributed by atoms with Gasteiger partial charge < -0.3 is 20.4 Å². The minimum Gasteiger partial charge on any atom is -0.481 e. The van der Waals surface area contributed by atoms with Gasteiger partial charge in [0.1, 0.15) is 0 Å². The summed E-state index contributed by atoms with van der Waals surface area (Å²) in [5, 5.41) is 37.4. The Hall–Kier alpha value is -2.12. The van der Waals surface area contributed by atoms with Crippen molar-refractivity contribution < 1.29 is 39.6 Å². The molecule has 2 rings (SSSR count). The van der Waals surface area contributed by atoms with E-state index in [4.69, 9.17) is 0 Å². The molecule has 0 amide bonds. The van der Waals surface area contributed by atoms with Crippen molar-refractivity contribution in [1.29, 1.82) is 0 Å². The van der Waals surface area contributed by atoms with Gasteiger partial charge in [0.2, 0.25) is 0 Å². The summed E-state index contributed by atoms with van der Waals surface area (Å²) in [6.07, 6.45) is 0.761. The summed E-state index contributed by atoms with van der Waals surface area (Å²) >= 11 is 0. The third-order valence-electron chi connectivity index (χ3n) is 5.65. The first kappa shape index (κ1) is 17.2. The van der Waals surface area contributed by atoms with E-state index in [1.165, 1.54) is 0 Å². The lowest BCUT2D eigenvalue weighted by atomic mass is 9.38. The largest absolute Gasteiger partial charge is 0.481 e. The summed E-state index contributed by atoms with van der Waals surface area (Å²) in [5.74, 6) is -10.4. The van der Waals surface area contributed by atoms with E-state index in [1.54, 1.807) is 0 Å². The van der Waals surface area contributed by atoms with Crippen molar-refractivity contribution in [1.82, 2.24) is 0 Å². The number of carboxylic acid groups (broad SMARTS) is 4. The third-order valence-corrected chi connectivity index (χ3v) is 5.65. The maximum absolute atomic E-state index is 11.6. The van der Waals surface area contributed by atoms with Crippen molar-refractivity contribution in [3.05, 3.63) is 0 Å². The first-order valence-electron chi connectivity index (χ1n) is 7.58. The van der Waals surface area contributed by atoms with Crippen LogP contribution in [-0.4, -0.2) is 44.3 Å². The molecule has 2 aliphatic carbocycles. The van der Waals surface area contributed by atoms with Gasteiger partial charge in [0.05, 0.1) is 23.7 Å². The second kappa shape index (κ2) is 5.82. The van der Waals surface area contributed by atoms with E-state index in [1.807, 2.05) is 6.92 Å². The zero-order chi connectivity index (χ0) is 17.5. The molecule has 0 aromatic rings. The van der Waals surface area contributed by atoms with Crippen molar-refractivity contribution >= 4 is 23.9 Å². The van der Waals surface area contributed by atoms with E-state index in [2.05, 4.69) is 0 Å². The summed E-state index contributed by atoms with van der Waals surface area (Å²) in [6.45, 7) is 1.82. The highest BCUT2D eigenvalue weighted by molar-refractivity contribution is 5.86. The van der Waals surface area contributed by atoms with Crippen LogP contribution in [0.2, 0.25) is 0 Å². The van der Waals surface area contributed by atoms with Crippen LogP contribution in [0, 0.1) is 35.0 Å². The Bertz CT molecular complexity index is 544. The summed E-state index contributed by atoms with van der Waals surface area (Å²) in [6, 6.07) is 0. The summed E-state index contributed by atoms with van der Waals surface area (Å²) < 4.78 is 0. The van der Waals surface area contributed by atoms with Crippen molar-refractivity contribution in [3.8, 4) is 0 Å².